The van der Waals surface area contributed by atoms with Gasteiger partial charge in [-0.05, 0) is 23.8 Å². The number of hydroxylamine groups is 1. The van der Waals surface area contributed by atoms with Crippen LogP contribution in [-0.4, -0.2) is 22.8 Å². The zero-order chi connectivity index (χ0) is 21.5. The van der Waals surface area contributed by atoms with Crippen LogP contribution in [0.2, 0.25) is 0 Å². The number of nitro benzene ring substituents is 1. The summed E-state index contributed by atoms with van der Waals surface area (Å²) in [7, 11) is 0. The Kier molecular flexibility index (Phi) is 4.48. The molecule has 8 heteroatoms. The Balaban J connectivity index is 1.59. The second-order valence-electron chi connectivity index (χ2n) is 7.36. The molecule has 31 heavy (non-hydrogen) atoms. The molecule has 3 aromatic carbocycles. The second-order valence-corrected chi connectivity index (χ2v) is 7.36. The molecular weight excluding hydrogens is 398 g/mol. The third-order valence-corrected chi connectivity index (χ3v) is 5.57. The molecule has 0 spiro atoms. The first-order valence-corrected chi connectivity index (χ1v) is 9.74. The fraction of sp³-hybridized carbons (Fsp3) is 0.130. The number of nitro groups is 1. The van der Waals surface area contributed by atoms with E-state index in [4.69, 9.17) is 4.84 Å². The number of non-ortho nitro benzene ring substituents is 1. The van der Waals surface area contributed by atoms with Crippen LogP contribution in [0.25, 0.3) is 0 Å². The van der Waals surface area contributed by atoms with E-state index in [0.29, 0.717) is 11.4 Å². The maximum Gasteiger partial charge on any atom is 0.271 e. The van der Waals surface area contributed by atoms with E-state index in [2.05, 4.69) is 0 Å². The molecule has 8 nitrogen and oxygen atoms in total. The Morgan fingerprint density at radius 3 is 2.13 bits per heavy atom. The fourth-order valence-corrected chi connectivity index (χ4v) is 4.20. The molecule has 5 rings (SSSR count). The summed E-state index contributed by atoms with van der Waals surface area (Å²) in [5.41, 5.74) is 1.57. The van der Waals surface area contributed by atoms with Gasteiger partial charge >= 0.3 is 0 Å². The molecule has 0 bridgehead atoms. The molecule has 0 radical (unpaired) electrons. The first-order chi connectivity index (χ1) is 15.1. The van der Waals surface area contributed by atoms with Crippen LogP contribution < -0.4 is 9.96 Å². The van der Waals surface area contributed by atoms with Crippen LogP contribution in [0.3, 0.4) is 0 Å². The molecule has 154 valence electrons. The number of carbonyl (C=O) groups is 2. The summed E-state index contributed by atoms with van der Waals surface area (Å²) < 4.78 is 0. The minimum atomic E-state index is -1.02. The van der Waals surface area contributed by atoms with Crippen molar-refractivity contribution >= 4 is 28.9 Å². The molecule has 3 atom stereocenters. The molecule has 3 aromatic rings. The van der Waals surface area contributed by atoms with E-state index in [1.165, 1.54) is 17.2 Å². The van der Waals surface area contributed by atoms with Gasteiger partial charge in [-0.3, -0.25) is 24.5 Å². The first kappa shape index (κ1) is 19.0. The lowest BCUT2D eigenvalue weighted by Gasteiger charge is -2.28. The highest BCUT2D eigenvalue weighted by molar-refractivity contribution is 6.23. The number of rotatable bonds is 4. The molecular formula is C23H17N3O5. The highest BCUT2D eigenvalue weighted by Crippen LogP contribution is 2.47. The average molecular weight is 415 g/mol. The predicted molar refractivity (Wildman–Crippen MR) is 112 cm³/mol. The number of hydrogen-bond acceptors (Lipinski definition) is 6. The maximum absolute atomic E-state index is 13.4. The molecule has 2 saturated heterocycles. The molecule has 2 aliphatic heterocycles. The number of amides is 2. The molecule has 0 unspecified atom stereocenters. The summed E-state index contributed by atoms with van der Waals surface area (Å²) in [5.74, 6) is -1.59. The lowest BCUT2D eigenvalue weighted by molar-refractivity contribution is -0.384. The summed E-state index contributed by atoms with van der Waals surface area (Å²) in [4.78, 5) is 44.5. The SMILES string of the molecule is O=C1[C@@H]2[C@H](ON(c3cccc([N+](=O)[O-])c3)[C@@H]2c2ccccc2)C(=O)N1c1ccccc1. The van der Waals surface area contributed by atoms with Gasteiger partial charge < -0.3 is 0 Å². The van der Waals surface area contributed by atoms with Crippen LogP contribution in [0.15, 0.2) is 84.9 Å². The topological polar surface area (TPSA) is 93.0 Å². The fourth-order valence-electron chi connectivity index (χ4n) is 4.20. The summed E-state index contributed by atoms with van der Waals surface area (Å²) in [6, 6.07) is 23.3. The van der Waals surface area contributed by atoms with Gasteiger partial charge in [-0.1, -0.05) is 54.6 Å². The molecule has 2 aliphatic rings. The smallest absolute Gasteiger partial charge is 0.271 e. The number of para-hydroxylation sites is 1. The van der Waals surface area contributed by atoms with Crippen molar-refractivity contribution in [2.75, 3.05) is 9.96 Å². The monoisotopic (exact) mass is 415 g/mol. The van der Waals surface area contributed by atoms with E-state index in [9.17, 15) is 19.7 Å². The van der Waals surface area contributed by atoms with Crippen LogP contribution >= 0.6 is 0 Å². The normalized spacial score (nSPS) is 22.6. The molecule has 0 aliphatic carbocycles. The quantitative estimate of drug-likeness (QED) is 0.367. The van der Waals surface area contributed by atoms with E-state index in [1.54, 1.807) is 36.4 Å². The molecule has 0 saturated carbocycles. The number of imide groups is 1. The van der Waals surface area contributed by atoms with Gasteiger partial charge in [-0.2, -0.15) is 0 Å². The van der Waals surface area contributed by atoms with Crippen molar-refractivity contribution in [2.24, 2.45) is 5.92 Å². The summed E-state index contributed by atoms with van der Waals surface area (Å²) in [6.07, 6.45) is -1.02. The standard InChI is InChI=1S/C23H17N3O5/c27-22-19-20(15-8-3-1-4-9-15)25(17-12-7-13-18(14-17)26(29)30)31-21(19)23(28)24(22)16-10-5-2-6-11-16/h1-14,19-21H/t19-,20+,21-/m0/s1. The van der Waals surface area contributed by atoms with E-state index >= 15 is 0 Å². The minimum Gasteiger partial charge on any atom is -0.273 e. The maximum atomic E-state index is 13.4. The van der Waals surface area contributed by atoms with Crippen molar-refractivity contribution in [3.8, 4) is 0 Å². The number of carbonyl (C=O) groups excluding carboxylic acids is 2. The number of hydrogen-bond donors (Lipinski definition) is 0. The number of anilines is 2. The van der Waals surface area contributed by atoms with E-state index < -0.39 is 28.9 Å². The summed E-state index contributed by atoms with van der Waals surface area (Å²) >= 11 is 0. The summed E-state index contributed by atoms with van der Waals surface area (Å²) in [5, 5.41) is 12.7. The highest BCUT2D eigenvalue weighted by atomic mass is 16.7. The zero-order valence-corrected chi connectivity index (χ0v) is 16.2. The van der Waals surface area contributed by atoms with Crippen molar-refractivity contribution in [3.05, 3.63) is 101 Å². The van der Waals surface area contributed by atoms with Crippen molar-refractivity contribution in [1.29, 1.82) is 0 Å². The largest absolute Gasteiger partial charge is 0.273 e. The van der Waals surface area contributed by atoms with Crippen LogP contribution in [0.4, 0.5) is 17.1 Å². The highest BCUT2D eigenvalue weighted by Gasteiger charge is 2.60. The Labute approximate surface area is 177 Å². The van der Waals surface area contributed by atoms with Gasteiger partial charge in [0.05, 0.1) is 22.3 Å². The minimum absolute atomic E-state index is 0.103. The molecule has 0 aromatic heterocycles. The van der Waals surface area contributed by atoms with E-state index in [1.807, 2.05) is 36.4 Å². The van der Waals surface area contributed by atoms with E-state index in [-0.39, 0.29) is 11.6 Å². The van der Waals surface area contributed by atoms with Gasteiger partial charge in [0.1, 0.15) is 5.92 Å². The van der Waals surface area contributed by atoms with Gasteiger partial charge in [-0.15, -0.1) is 0 Å². The predicted octanol–water partition coefficient (Wildman–Crippen LogP) is 3.65. The van der Waals surface area contributed by atoms with Gasteiger partial charge in [0.2, 0.25) is 5.91 Å². The number of benzene rings is 3. The molecule has 2 heterocycles. The van der Waals surface area contributed by atoms with Crippen LogP contribution in [0, 0.1) is 16.0 Å². The van der Waals surface area contributed by atoms with Crippen molar-refractivity contribution < 1.29 is 19.3 Å². The summed E-state index contributed by atoms with van der Waals surface area (Å²) in [6.45, 7) is 0. The van der Waals surface area contributed by atoms with Gasteiger partial charge in [-0.25, -0.2) is 9.96 Å². The van der Waals surface area contributed by atoms with Crippen molar-refractivity contribution in [2.45, 2.75) is 12.1 Å². The average Bonchev–Trinajstić information content (AvgIpc) is 3.31. The van der Waals surface area contributed by atoms with Gasteiger partial charge in [0.15, 0.2) is 6.10 Å². The van der Waals surface area contributed by atoms with Crippen LogP contribution in [0.1, 0.15) is 11.6 Å². The Morgan fingerprint density at radius 2 is 1.45 bits per heavy atom. The lowest BCUT2D eigenvalue weighted by Crippen LogP contribution is -2.37. The number of fused-ring (bicyclic) bond motifs is 1. The zero-order valence-electron chi connectivity index (χ0n) is 16.2. The first-order valence-electron chi connectivity index (χ1n) is 9.74. The third kappa shape index (κ3) is 3.04. The third-order valence-electron chi connectivity index (χ3n) is 5.57. The Hall–Kier alpha value is -4.04. The Bertz CT molecular complexity index is 1170. The Morgan fingerprint density at radius 1 is 0.806 bits per heavy atom. The van der Waals surface area contributed by atoms with Crippen LogP contribution in [0.5, 0.6) is 0 Å². The van der Waals surface area contributed by atoms with Gasteiger partial charge in [0.25, 0.3) is 11.6 Å². The van der Waals surface area contributed by atoms with E-state index in [0.717, 1.165) is 10.5 Å². The molecule has 0 N–H and O–H groups in total. The number of nitrogens with zero attached hydrogens (tertiary/aromatic N) is 3. The molecule has 2 amide bonds. The van der Waals surface area contributed by atoms with Crippen molar-refractivity contribution in [3.63, 3.8) is 0 Å². The van der Waals surface area contributed by atoms with Crippen LogP contribution in [-0.2, 0) is 14.4 Å². The van der Waals surface area contributed by atoms with Gasteiger partial charge in [0, 0.05) is 12.1 Å². The van der Waals surface area contributed by atoms with Crippen molar-refractivity contribution in [1.82, 2.24) is 0 Å². The second kappa shape index (κ2) is 7.33. The lowest BCUT2D eigenvalue weighted by atomic mass is 9.90. The molecule has 2 fully saturated rings.